The fourth-order valence-electron chi connectivity index (χ4n) is 5.85. The number of aliphatic hydroxyl groups is 1. The molecule has 2 fully saturated rings. The van der Waals surface area contributed by atoms with Crippen LogP contribution in [0.3, 0.4) is 0 Å². The molecule has 3 atom stereocenters. The summed E-state index contributed by atoms with van der Waals surface area (Å²) >= 11 is 0. The highest BCUT2D eigenvalue weighted by Crippen LogP contribution is 2.51. The number of nitrogens with zero attached hydrogens (tertiary/aromatic N) is 1. The van der Waals surface area contributed by atoms with Gasteiger partial charge < -0.3 is 33.7 Å². The average Bonchev–Trinajstić information content (AvgIpc) is 2.93. The Morgan fingerprint density at radius 1 is 0.919 bits per heavy atom. The minimum absolute atomic E-state index is 0.102. The number of methoxy groups -OCH3 is 5. The Hall–Kier alpha value is -3.39. The predicted molar refractivity (Wildman–Crippen MR) is 141 cm³/mol. The highest BCUT2D eigenvalue weighted by Gasteiger charge is 2.50. The third-order valence-corrected chi connectivity index (χ3v) is 7.71. The van der Waals surface area contributed by atoms with Gasteiger partial charge in [0.15, 0.2) is 11.5 Å². The van der Waals surface area contributed by atoms with Gasteiger partial charge in [0, 0.05) is 24.1 Å². The molecule has 1 amide bonds. The standard InChI is InChI=1S/C29H37NO7/c1-33-20-10-11-23(34-2)21(18-20)27-22-8-6-7-13-29(22,32)14-15-30(27)26(31)12-9-19-16-24(35-3)28(37-5)25(17-19)36-4/h9-12,16-18,22,27,32H,6-8,13-15H2,1-5H3/b12-9+/t22?,27-,29?/m0/s1. The largest absolute Gasteiger partial charge is 0.497 e. The molecule has 1 N–H and O–H groups in total. The van der Waals surface area contributed by atoms with Gasteiger partial charge in [0.2, 0.25) is 11.7 Å². The van der Waals surface area contributed by atoms with Crippen molar-refractivity contribution >= 4 is 12.0 Å². The van der Waals surface area contributed by atoms with E-state index in [2.05, 4.69) is 0 Å². The smallest absolute Gasteiger partial charge is 0.247 e. The summed E-state index contributed by atoms with van der Waals surface area (Å²) in [4.78, 5) is 15.6. The number of carbonyl (C=O) groups is 1. The lowest BCUT2D eigenvalue weighted by Crippen LogP contribution is -2.56. The van der Waals surface area contributed by atoms with E-state index in [1.54, 1.807) is 59.8 Å². The van der Waals surface area contributed by atoms with Crippen molar-refractivity contribution in [3.05, 3.63) is 47.5 Å². The van der Waals surface area contributed by atoms with Crippen molar-refractivity contribution in [1.29, 1.82) is 0 Å². The third-order valence-electron chi connectivity index (χ3n) is 7.71. The maximum Gasteiger partial charge on any atom is 0.247 e. The molecule has 1 aliphatic carbocycles. The monoisotopic (exact) mass is 511 g/mol. The van der Waals surface area contributed by atoms with Crippen molar-refractivity contribution in [1.82, 2.24) is 4.90 Å². The quantitative estimate of drug-likeness (QED) is 0.517. The van der Waals surface area contributed by atoms with E-state index in [0.29, 0.717) is 41.7 Å². The van der Waals surface area contributed by atoms with Gasteiger partial charge in [0.25, 0.3) is 0 Å². The highest BCUT2D eigenvalue weighted by molar-refractivity contribution is 5.92. The van der Waals surface area contributed by atoms with E-state index >= 15 is 0 Å². The lowest BCUT2D eigenvalue weighted by molar-refractivity contribution is -0.151. The van der Waals surface area contributed by atoms with Gasteiger partial charge in [-0.1, -0.05) is 12.8 Å². The number of likely N-dealkylation sites (tertiary alicyclic amines) is 1. The molecule has 2 unspecified atom stereocenters. The maximum absolute atomic E-state index is 13.7. The zero-order valence-corrected chi connectivity index (χ0v) is 22.3. The number of fused-ring (bicyclic) bond motifs is 1. The van der Waals surface area contributed by atoms with Crippen LogP contribution in [0.1, 0.15) is 49.3 Å². The Bertz CT molecular complexity index is 1120. The van der Waals surface area contributed by atoms with Crippen molar-refractivity contribution in [2.24, 2.45) is 5.92 Å². The second-order valence-electron chi connectivity index (χ2n) is 9.58. The summed E-state index contributed by atoms with van der Waals surface area (Å²) in [6.07, 6.45) is 7.43. The maximum atomic E-state index is 13.7. The van der Waals surface area contributed by atoms with Gasteiger partial charge in [0.05, 0.1) is 47.2 Å². The molecule has 2 aromatic carbocycles. The number of hydrogen-bond acceptors (Lipinski definition) is 7. The van der Waals surface area contributed by atoms with Gasteiger partial charge in [-0.05, 0) is 61.2 Å². The lowest BCUT2D eigenvalue weighted by Gasteiger charge is -2.52. The molecule has 0 spiro atoms. The normalized spacial score (nSPS) is 23.4. The van der Waals surface area contributed by atoms with Crippen molar-refractivity contribution in [3.8, 4) is 28.7 Å². The first-order valence-corrected chi connectivity index (χ1v) is 12.6. The van der Waals surface area contributed by atoms with Crippen LogP contribution >= 0.6 is 0 Å². The third kappa shape index (κ3) is 5.21. The van der Waals surface area contributed by atoms with E-state index in [0.717, 1.165) is 36.8 Å². The van der Waals surface area contributed by atoms with Crippen molar-refractivity contribution in [2.45, 2.75) is 43.7 Å². The average molecular weight is 512 g/mol. The van der Waals surface area contributed by atoms with E-state index in [-0.39, 0.29) is 17.9 Å². The van der Waals surface area contributed by atoms with Gasteiger partial charge in [-0.2, -0.15) is 0 Å². The van der Waals surface area contributed by atoms with Gasteiger partial charge >= 0.3 is 0 Å². The molecule has 0 radical (unpaired) electrons. The molecule has 1 saturated heterocycles. The summed E-state index contributed by atoms with van der Waals surface area (Å²) < 4.78 is 27.5. The molecule has 8 heteroatoms. The topological polar surface area (TPSA) is 86.7 Å². The van der Waals surface area contributed by atoms with E-state index in [9.17, 15) is 9.90 Å². The van der Waals surface area contributed by atoms with E-state index in [1.807, 2.05) is 23.1 Å². The summed E-state index contributed by atoms with van der Waals surface area (Å²) in [5.41, 5.74) is 0.778. The molecule has 2 aromatic rings. The first-order chi connectivity index (χ1) is 17.9. The molecule has 37 heavy (non-hydrogen) atoms. The highest BCUT2D eigenvalue weighted by atomic mass is 16.5. The van der Waals surface area contributed by atoms with Gasteiger partial charge in [-0.3, -0.25) is 4.79 Å². The predicted octanol–water partition coefficient (Wildman–Crippen LogP) is 4.64. The van der Waals surface area contributed by atoms with Gasteiger partial charge in [-0.15, -0.1) is 0 Å². The zero-order chi connectivity index (χ0) is 26.6. The van der Waals surface area contributed by atoms with Crippen LogP contribution in [0.4, 0.5) is 0 Å². The second kappa shape index (κ2) is 11.3. The second-order valence-corrected chi connectivity index (χ2v) is 9.58. The summed E-state index contributed by atoms with van der Waals surface area (Å²) in [6, 6.07) is 8.87. The lowest BCUT2D eigenvalue weighted by atomic mass is 9.66. The van der Waals surface area contributed by atoms with Crippen molar-refractivity contribution in [2.75, 3.05) is 42.1 Å². The summed E-state index contributed by atoms with van der Waals surface area (Å²) in [7, 11) is 7.90. The van der Waals surface area contributed by atoms with Crippen LogP contribution in [-0.4, -0.2) is 63.6 Å². The number of amides is 1. The fraction of sp³-hybridized carbons (Fsp3) is 0.483. The van der Waals surface area contributed by atoms with E-state index in [4.69, 9.17) is 23.7 Å². The van der Waals surface area contributed by atoms with Crippen molar-refractivity contribution in [3.63, 3.8) is 0 Å². The molecule has 0 aromatic heterocycles. The molecular formula is C29H37NO7. The Balaban J connectivity index is 1.72. The Morgan fingerprint density at radius 3 is 2.24 bits per heavy atom. The van der Waals surface area contributed by atoms with Crippen LogP contribution in [-0.2, 0) is 4.79 Å². The number of benzene rings is 2. The first kappa shape index (κ1) is 26.7. The minimum atomic E-state index is -0.811. The Morgan fingerprint density at radius 2 is 1.62 bits per heavy atom. The SMILES string of the molecule is COc1ccc(OC)c([C@H]2C3CCCCC3(O)CCN2C(=O)/C=C/c2cc(OC)c(OC)c(OC)c2)c1. The molecule has 1 saturated carbocycles. The fourth-order valence-corrected chi connectivity index (χ4v) is 5.85. The molecule has 8 nitrogen and oxygen atoms in total. The van der Waals surface area contributed by atoms with Crippen LogP contribution in [0, 0.1) is 5.92 Å². The summed E-state index contributed by atoms with van der Waals surface area (Å²) in [6.45, 7) is 0.441. The Kier molecular flexibility index (Phi) is 8.17. The number of ether oxygens (including phenoxy) is 5. The minimum Gasteiger partial charge on any atom is -0.497 e. The number of piperidine rings is 1. The summed E-state index contributed by atoms with van der Waals surface area (Å²) in [5.74, 6) is 2.63. The number of hydrogen-bond donors (Lipinski definition) is 1. The zero-order valence-electron chi connectivity index (χ0n) is 22.3. The Labute approximate surface area is 218 Å². The molecule has 200 valence electrons. The van der Waals surface area contributed by atoms with Gasteiger partial charge in [0.1, 0.15) is 11.5 Å². The van der Waals surface area contributed by atoms with Crippen LogP contribution < -0.4 is 23.7 Å². The first-order valence-electron chi connectivity index (χ1n) is 12.6. The molecular weight excluding hydrogens is 474 g/mol. The molecule has 1 heterocycles. The number of rotatable bonds is 8. The summed E-state index contributed by atoms with van der Waals surface area (Å²) in [5, 5.41) is 11.6. The molecule has 1 aliphatic heterocycles. The van der Waals surface area contributed by atoms with E-state index < -0.39 is 5.60 Å². The van der Waals surface area contributed by atoms with Crippen LogP contribution in [0.5, 0.6) is 28.7 Å². The van der Waals surface area contributed by atoms with Crippen LogP contribution in [0.15, 0.2) is 36.4 Å². The molecule has 2 aliphatic rings. The molecule has 4 rings (SSSR count). The van der Waals surface area contributed by atoms with Crippen molar-refractivity contribution < 1.29 is 33.6 Å². The van der Waals surface area contributed by atoms with Crippen LogP contribution in [0.25, 0.3) is 6.08 Å². The van der Waals surface area contributed by atoms with Crippen LogP contribution in [0.2, 0.25) is 0 Å². The van der Waals surface area contributed by atoms with Gasteiger partial charge in [-0.25, -0.2) is 0 Å². The number of carbonyl (C=O) groups excluding carboxylic acids is 1. The molecule has 0 bridgehead atoms. The van der Waals surface area contributed by atoms with E-state index in [1.165, 1.54) is 0 Å².